The van der Waals surface area contributed by atoms with Crippen LogP contribution in [0.4, 0.5) is 15.8 Å². The lowest BCUT2D eigenvalue weighted by molar-refractivity contribution is 0.355. The molecule has 0 atom stereocenters. The Labute approximate surface area is 130 Å². The molecule has 2 aromatic rings. The highest BCUT2D eigenvalue weighted by Gasteiger charge is 2.12. The third-order valence-corrected chi connectivity index (χ3v) is 3.64. The number of nitrogens with zero attached hydrogens (tertiary/aromatic N) is 1. The van der Waals surface area contributed by atoms with Gasteiger partial charge in [0.1, 0.15) is 6.07 Å². The molecule has 0 amide bonds. The van der Waals surface area contributed by atoms with Crippen LogP contribution in [0.15, 0.2) is 34.8 Å². The second-order valence-corrected chi connectivity index (χ2v) is 4.89. The SMILES string of the molecule is COc1ccc(Nc2ccc(C#N)c(Br)c2F)cc1OC. The maximum absolute atomic E-state index is 14.1. The summed E-state index contributed by atoms with van der Waals surface area (Å²) in [5, 5.41) is 11.8. The van der Waals surface area contributed by atoms with E-state index in [4.69, 9.17) is 14.7 Å². The van der Waals surface area contributed by atoms with Crippen LogP contribution in [0.25, 0.3) is 0 Å². The average Bonchev–Trinajstić information content (AvgIpc) is 2.52. The Kier molecular flexibility index (Phi) is 4.66. The van der Waals surface area contributed by atoms with Crippen LogP contribution in [-0.4, -0.2) is 14.2 Å². The molecule has 6 heteroatoms. The largest absolute Gasteiger partial charge is 0.493 e. The van der Waals surface area contributed by atoms with Crippen LogP contribution in [0.5, 0.6) is 11.5 Å². The normalized spacial score (nSPS) is 9.86. The number of nitriles is 1. The summed E-state index contributed by atoms with van der Waals surface area (Å²) in [4.78, 5) is 0. The van der Waals surface area contributed by atoms with Gasteiger partial charge in [-0.1, -0.05) is 0 Å². The van der Waals surface area contributed by atoms with Crippen molar-refractivity contribution in [3.8, 4) is 17.6 Å². The minimum absolute atomic E-state index is 0.135. The zero-order chi connectivity index (χ0) is 15.4. The van der Waals surface area contributed by atoms with E-state index in [2.05, 4.69) is 21.2 Å². The number of halogens is 2. The van der Waals surface area contributed by atoms with E-state index in [-0.39, 0.29) is 15.7 Å². The molecule has 0 spiro atoms. The number of anilines is 2. The van der Waals surface area contributed by atoms with Gasteiger partial charge in [-0.25, -0.2) is 4.39 Å². The van der Waals surface area contributed by atoms with Crippen molar-refractivity contribution in [2.75, 3.05) is 19.5 Å². The number of benzene rings is 2. The topological polar surface area (TPSA) is 54.3 Å². The molecule has 1 N–H and O–H groups in total. The summed E-state index contributed by atoms with van der Waals surface area (Å²) >= 11 is 3.07. The minimum Gasteiger partial charge on any atom is -0.493 e. The minimum atomic E-state index is -0.524. The average molecular weight is 351 g/mol. The van der Waals surface area contributed by atoms with E-state index >= 15 is 0 Å². The monoisotopic (exact) mass is 350 g/mol. The summed E-state index contributed by atoms with van der Waals surface area (Å²) in [7, 11) is 3.07. The fourth-order valence-electron chi connectivity index (χ4n) is 1.80. The molecule has 0 aliphatic carbocycles. The number of hydrogen-bond acceptors (Lipinski definition) is 4. The fourth-order valence-corrected chi connectivity index (χ4v) is 2.24. The van der Waals surface area contributed by atoms with Crippen LogP contribution in [0.3, 0.4) is 0 Å². The first kappa shape index (κ1) is 15.1. The van der Waals surface area contributed by atoms with Gasteiger partial charge in [0.25, 0.3) is 0 Å². The second kappa shape index (κ2) is 6.46. The summed E-state index contributed by atoms with van der Waals surface area (Å²) < 4.78 is 24.6. The predicted octanol–water partition coefficient (Wildman–Crippen LogP) is 4.22. The molecule has 2 aromatic carbocycles. The third-order valence-electron chi connectivity index (χ3n) is 2.87. The Balaban J connectivity index is 2.35. The predicted molar refractivity (Wildman–Crippen MR) is 81.6 cm³/mol. The second-order valence-electron chi connectivity index (χ2n) is 4.10. The highest BCUT2D eigenvalue weighted by Crippen LogP contribution is 2.33. The molecule has 0 fully saturated rings. The summed E-state index contributed by atoms with van der Waals surface area (Å²) in [6.45, 7) is 0. The van der Waals surface area contributed by atoms with Crippen LogP contribution < -0.4 is 14.8 Å². The molecule has 0 aliphatic rings. The summed E-state index contributed by atoms with van der Waals surface area (Å²) in [5.41, 5.74) is 1.14. The van der Waals surface area contributed by atoms with Gasteiger partial charge in [-0.15, -0.1) is 0 Å². The van der Waals surface area contributed by atoms with Crippen molar-refractivity contribution >= 4 is 27.3 Å². The molecule has 4 nitrogen and oxygen atoms in total. The van der Waals surface area contributed by atoms with Crippen molar-refractivity contribution < 1.29 is 13.9 Å². The van der Waals surface area contributed by atoms with Gasteiger partial charge in [0.2, 0.25) is 0 Å². The Hall–Kier alpha value is -2.26. The number of rotatable bonds is 4. The van der Waals surface area contributed by atoms with Crippen molar-refractivity contribution in [3.63, 3.8) is 0 Å². The van der Waals surface area contributed by atoms with Crippen molar-refractivity contribution in [2.24, 2.45) is 0 Å². The molecule has 0 aliphatic heterocycles. The molecule has 0 bridgehead atoms. The first-order valence-corrected chi connectivity index (χ1v) is 6.77. The number of nitrogens with one attached hydrogen (secondary N) is 1. The van der Waals surface area contributed by atoms with Gasteiger partial charge in [-0.05, 0) is 40.2 Å². The molecule has 21 heavy (non-hydrogen) atoms. The smallest absolute Gasteiger partial charge is 0.162 e. The highest BCUT2D eigenvalue weighted by molar-refractivity contribution is 9.10. The Morgan fingerprint density at radius 1 is 1.14 bits per heavy atom. The maximum atomic E-state index is 14.1. The van der Waals surface area contributed by atoms with Gasteiger partial charge >= 0.3 is 0 Å². The van der Waals surface area contributed by atoms with Crippen LogP contribution in [0.2, 0.25) is 0 Å². The zero-order valence-corrected chi connectivity index (χ0v) is 13.0. The van der Waals surface area contributed by atoms with Gasteiger partial charge in [0.15, 0.2) is 17.3 Å². The van der Waals surface area contributed by atoms with Crippen molar-refractivity contribution in [1.29, 1.82) is 5.26 Å². The lowest BCUT2D eigenvalue weighted by Gasteiger charge is -2.12. The third kappa shape index (κ3) is 3.09. The quantitative estimate of drug-likeness (QED) is 0.896. The van der Waals surface area contributed by atoms with E-state index in [9.17, 15) is 4.39 Å². The molecule has 2 rings (SSSR count). The van der Waals surface area contributed by atoms with Gasteiger partial charge in [0.05, 0.1) is 29.9 Å². The lowest BCUT2D eigenvalue weighted by Crippen LogP contribution is -1.97. The lowest BCUT2D eigenvalue weighted by atomic mass is 10.2. The number of hydrogen-bond donors (Lipinski definition) is 1. The molecule has 0 saturated heterocycles. The molecule has 0 heterocycles. The molecule has 0 aromatic heterocycles. The van der Waals surface area contributed by atoms with Crippen molar-refractivity contribution in [1.82, 2.24) is 0 Å². The van der Waals surface area contributed by atoms with Crippen LogP contribution in [0, 0.1) is 17.1 Å². The molecular formula is C15H12BrFN2O2. The van der Waals surface area contributed by atoms with E-state index in [1.54, 1.807) is 25.3 Å². The number of ether oxygens (including phenoxy) is 2. The summed E-state index contributed by atoms with van der Waals surface area (Å²) in [5.74, 6) is 0.601. The highest BCUT2D eigenvalue weighted by atomic mass is 79.9. The Morgan fingerprint density at radius 3 is 2.48 bits per heavy atom. The molecular weight excluding hydrogens is 339 g/mol. The van der Waals surface area contributed by atoms with Gasteiger partial charge < -0.3 is 14.8 Å². The first-order chi connectivity index (χ1) is 10.1. The standard InChI is InChI=1S/C15H12BrFN2O2/c1-20-12-6-4-10(7-13(12)21-2)19-11-5-3-9(8-18)14(16)15(11)17/h3-7,19H,1-2H3. The van der Waals surface area contributed by atoms with E-state index < -0.39 is 5.82 Å². The van der Waals surface area contributed by atoms with Crippen LogP contribution >= 0.6 is 15.9 Å². The van der Waals surface area contributed by atoms with E-state index in [0.717, 1.165) is 0 Å². The Morgan fingerprint density at radius 2 is 1.86 bits per heavy atom. The molecule has 0 radical (unpaired) electrons. The van der Waals surface area contributed by atoms with Gasteiger partial charge in [0, 0.05) is 11.8 Å². The first-order valence-electron chi connectivity index (χ1n) is 5.98. The fraction of sp³-hybridized carbons (Fsp3) is 0.133. The number of methoxy groups -OCH3 is 2. The molecule has 108 valence electrons. The van der Waals surface area contributed by atoms with Gasteiger partial charge in [-0.3, -0.25) is 0 Å². The molecule has 0 saturated carbocycles. The van der Waals surface area contributed by atoms with E-state index in [1.165, 1.54) is 19.2 Å². The van der Waals surface area contributed by atoms with Crippen LogP contribution in [0.1, 0.15) is 5.56 Å². The Bertz CT molecular complexity index is 714. The van der Waals surface area contributed by atoms with E-state index in [1.807, 2.05) is 6.07 Å². The zero-order valence-electron chi connectivity index (χ0n) is 11.4. The summed E-state index contributed by atoms with van der Waals surface area (Å²) in [6, 6.07) is 10.1. The van der Waals surface area contributed by atoms with Crippen LogP contribution in [-0.2, 0) is 0 Å². The van der Waals surface area contributed by atoms with Gasteiger partial charge in [-0.2, -0.15) is 5.26 Å². The maximum Gasteiger partial charge on any atom is 0.162 e. The van der Waals surface area contributed by atoms with Crippen molar-refractivity contribution in [2.45, 2.75) is 0 Å². The summed E-state index contributed by atoms with van der Waals surface area (Å²) in [6.07, 6.45) is 0. The molecule has 0 unspecified atom stereocenters. The van der Waals surface area contributed by atoms with Crippen molar-refractivity contribution in [3.05, 3.63) is 46.2 Å². The van der Waals surface area contributed by atoms with E-state index in [0.29, 0.717) is 17.2 Å².